The van der Waals surface area contributed by atoms with Crippen molar-refractivity contribution in [2.75, 3.05) is 6.61 Å². The molecule has 2 aliphatic carbocycles. The maximum absolute atomic E-state index is 13.2. The SMILES string of the molecule is CC(C)(C)OC(=O)N[C@@H](CC(=O)OC1CCCCC1)C(=O)OCC1c2ccccc2-c2ccccc21. The molecule has 1 fully saturated rings. The molecule has 1 saturated carbocycles. The topological polar surface area (TPSA) is 90.9 Å². The number of carbonyl (C=O) groups is 3. The highest BCUT2D eigenvalue weighted by Crippen LogP contribution is 2.44. The largest absolute Gasteiger partial charge is 0.463 e. The molecule has 7 nitrogen and oxygen atoms in total. The molecule has 0 heterocycles. The predicted octanol–water partition coefficient (Wildman–Crippen LogP) is 5.50. The van der Waals surface area contributed by atoms with Crippen molar-refractivity contribution in [3.05, 3.63) is 59.7 Å². The number of fused-ring (bicyclic) bond motifs is 3. The molecule has 0 aliphatic heterocycles. The first kappa shape index (κ1) is 25.7. The predicted molar refractivity (Wildman–Crippen MR) is 135 cm³/mol. The smallest absolute Gasteiger partial charge is 0.408 e. The van der Waals surface area contributed by atoms with Crippen molar-refractivity contribution in [3.8, 4) is 11.1 Å². The van der Waals surface area contributed by atoms with Gasteiger partial charge in [0.1, 0.15) is 24.4 Å². The quantitative estimate of drug-likeness (QED) is 0.404. The van der Waals surface area contributed by atoms with Crippen LogP contribution < -0.4 is 5.32 Å². The fraction of sp³-hybridized carbons (Fsp3) is 0.483. The van der Waals surface area contributed by atoms with Crippen LogP contribution in [0.4, 0.5) is 4.79 Å². The van der Waals surface area contributed by atoms with Gasteiger partial charge in [0, 0.05) is 5.92 Å². The number of ether oxygens (including phenoxy) is 3. The van der Waals surface area contributed by atoms with Crippen molar-refractivity contribution in [3.63, 3.8) is 0 Å². The molecule has 192 valence electrons. The summed E-state index contributed by atoms with van der Waals surface area (Å²) in [7, 11) is 0. The van der Waals surface area contributed by atoms with Crippen LogP contribution in [0.5, 0.6) is 0 Å². The number of amides is 1. The van der Waals surface area contributed by atoms with Gasteiger partial charge in [-0.15, -0.1) is 0 Å². The Balaban J connectivity index is 1.44. The van der Waals surface area contributed by atoms with Crippen molar-refractivity contribution in [1.29, 1.82) is 0 Å². The number of benzene rings is 2. The minimum atomic E-state index is -1.21. The summed E-state index contributed by atoms with van der Waals surface area (Å²) in [5.74, 6) is -1.35. The van der Waals surface area contributed by atoms with E-state index in [9.17, 15) is 14.4 Å². The standard InChI is InChI=1S/C29H35NO6/c1-29(2,3)36-28(33)30-25(17-26(31)35-19-11-5-4-6-12-19)27(32)34-18-24-22-15-9-7-13-20(22)21-14-8-10-16-23(21)24/h7-10,13-16,19,24-25H,4-6,11-12,17-18H2,1-3H3,(H,30,33)/t25-/m0/s1. The van der Waals surface area contributed by atoms with Crippen LogP contribution in [-0.4, -0.2) is 42.4 Å². The number of hydrogen-bond donors (Lipinski definition) is 1. The van der Waals surface area contributed by atoms with E-state index < -0.39 is 29.7 Å². The van der Waals surface area contributed by atoms with Crippen LogP contribution in [0.3, 0.4) is 0 Å². The molecule has 1 amide bonds. The fourth-order valence-corrected chi connectivity index (χ4v) is 4.93. The number of hydrogen-bond acceptors (Lipinski definition) is 6. The highest BCUT2D eigenvalue weighted by atomic mass is 16.6. The van der Waals surface area contributed by atoms with Gasteiger partial charge in [0.25, 0.3) is 0 Å². The Morgan fingerprint density at radius 1 is 0.917 bits per heavy atom. The second kappa shape index (κ2) is 11.1. The number of carbonyl (C=O) groups excluding carboxylic acids is 3. The Hall–Kier alpha value is -3.35. The van der Waals surface area contributed by atoms with E-state index in [1.165, 1.54) is 0 Å². The van der Waals surface area contributed by atoms with Crippen LogP contribution >= 0.6 is 0 Å². The number of nitrogens with one attached hydrogen (secondary N) is 1. The molecule has 0 aromatic heterocycles. The van der Waals surface area contributed by atoms with Crippen molar-refractivity contribution in [2.45, 2.75) is 83.0 Å². The lowest BCUT2D eigenvalue weighted by Gasteiger charge is -2.25. The summed E-state index contributed by atoms with van der Waals surface area (Å²) in [4.78, 5) is 38.3. The molecule has 0 saturated heterocycles. The lowest BCUT2D eigenvalue weighted by Crippen LogP contribution is -2.46. The van der Waals surface area contributed by atoms with E-state index >= 15 is 0 Å². The van der Waals surface area contributed by atoms with Crippen LogP contribution in [0.15, 0.2) is 48.5 Å². The Morgan fingerprint density at radius 3 is 2.08 bits per heavy atom. The summed E-state index contributed by atoms with van der Waals surface area (Å²) in [5, 5.41) is 2.52. The van der Waals surface area contributed by atoms with Crippen molar-refractivity contribution in [2.24, 2.45) is 0 Å². The minimum Gasteiger partial charge on any atom is -0.463 e. The highest BCUT2D eigenvalue weighted by Gasteiger charge is 2.33. The maximum Gasteiger partial charge on any atom is 0.408 e. The first-order chi connectivity index (χ1) is 17.2. The van der Waals surface area contributed by atoms with Crippen molar-refractivity contribution >= 4 is 18.0 Å². The molecular weight excluding hydrogens is 458 g/mol. The molecule has 7 heteroatoms. The Kier molecular flexibility index (Phi) is 7.97. The second-order valence-electron chi connectivity index (χ2n) is 10.5. The Labute approximate surface area is 212 Å². The average Bonchev–Trinajstić information content (AvgIpc) is 3.15. The van der Waals surface area contributed by atoms with E-state index in [2.05, 4.69) is 17.4 Å². The molecule has 2 aliphatic rings. The zero-order chi connectivity index (χ0) is 25.7. The molecular formula is C29H35NO6. The third kappa shape index (κ3) is 6.45. The summed E-state index contributed by atoms with van der Waals surface area (Å²) in [6.45, 7) is 5.28. The summed E-state index contributed by atoms with van der Waals surface area (Å²) in [6, 6.07) is 14.9. The molecule has 0 radical (unpaired) electrons. The van der Waals surface area contributed by atoms with Gasteiger partial charge in [-0.05, 0) is 68.7 Å². The molecule has 1 N–H and O–H groups in total. The van der Waals surface area contributed by atoms with Gasteiger partial charge >= 0.3 is 18.0 Å². The minimum absolute atomic E-state index is 0.0943. The maximum atomic E-state index is 13.2. The average molecular weight is 494 g/mol. The summed E-state index contributed by atoms with van der Waals surface area (Å²) < 4.78 is 16.6. The third-order valence-electron chi connectivity index (χ3n) is 6.55. The van der Waals surface area contributed by atoms with Crippen LogP contribution in [-0.2, 0) is 23.8 Å². The van der Waals surface area contributed by atoms with Gasteiger partial charge in [-0.1, -0.05) is 55.0 Å². The first-order valence-corrected chi connectivity index (χ1v) is 12.7. The van der Waals surface area contributed by atoms with Crippen LogP contribution in [0.1, 0.15) is 76.3 Å². The fourth-order valence-electron chi connectivity index (χ4n) is 4.93. The zero-order valence-corrected chi connectivity index (χ0v) is 21.3. The molecule has 36 heavy (non-hydrogen) atoms. The third-order valence-corrected chi connectivity index (χ3v) is 6.55. The lowest BCUT2D eigenvalue weighted by atomic mass is 9.98. The van der Waals surface area contributed by atoms with Crippen LogP contribution in [0.25, 0.3) is 11.1 Å². The van der Waals surface area contributed by atoms with E-state index in [-0.39, 0.29) is 25.0 Å². The van der Waals surface area contributed by atoms with Gasteiger partial charge in [0.2, 0.25) is 0 Å². The van der Waals surface area contributed by atoms with Gasteiger partial charge in [-0.25, -0.2) is 9.59 Å². The van der Waals surface area contributed by atoms with Gasteiger partial charge in [0.05, 0.1) is 6.42 Å². The normalized spacial score (nSPS) is 16.4. The monoisotopic (exact) mass is 493 g/mol. The molecule has 4 rings (SSSR count). The van der Waals surface area contributed by atoms with Gasteiger partial charge in [-0.2, -0.15) is 0 Å². The van der Waals surface area contributed by atoms with E-state index in [1.54, 1.807) is 20.8 Å². The number of rotatable bonds is 7. The van der Waals surface area contributed by atoms with Gasteiger partial charge in [0.15, 0.2) is 0 Å². The number of esters is 2. The van der Waals surface area contributed by atoms with E-state index in [1.807, 2.05) is 36.4 Å². The first-order valence-electron chi connectivity index (χ1n) is 12.7. The Morgan fingerprint density at radius 2 is 1.50 bits per heavy atom. The Bertz CT molecular complexity index is 1050. The van der Waals surface area contributed by atoms with E-state index in [4.69, 9.17) is 14.2 Å². The molecule has 1 atom stereocenters. The van der Waals surface area contributed by atoms with Crippen LogP contribution in [0.2, 0.25) is 0 Å². The molecule has 0 unspecified atom stereocenters. The van der Waals surface area contributed by atoms with Crippen molar-refractivity contribution < 1.29 is 28.6 Å². The zero-order valence-electron chi connectivity index (χ0n) is 21.3. The molecule has 0 bridgehead atoms. The van der Waals surface area contributed by atoms with Crippen LogP contribution in [0, 0.1) is 0 Å². The van der Waals surface area contributed by atoms with Gasteiger partial charge < -0.3 is 19.5 Å². The highest BCUT2D eigenvalue weighted by molar-refractivity contribution is 5.86. The summed E-state index contributed by atoms with van der Waals surface area (Å²) in [6.07, 6.45) is 3.57. The molecule has 2 aromatic carbocycles. The second-order valence-corrected chi connectivity index (χ2v) is 10.5. The molecule has 0 spiro atoms. The molecule has 2 aromatic rings. The van der Waals surface area contributed by atoms with E-state index in [0.29, 0.717) is 0 Å². The lowest BCUT2D eigenvalue weighted by molar-refractivity contribution is -0.156. The van der Waals surface area contributed by atoms with E-state index in [0.717, 1.165) is 54.4 Å². The van der Waals surface area contributed by atoms with Gasteiger partial charge in [-0.3, -0.25) is 4.79 Å². The summed E-state index contributed by atoms with van der Waals surface area (Å²) in [5.41, 5.74) is 3.65. The number of alkyl carbamates (subject to hydrolysis) is 1. The summed E-state index contributed by atoms with van der Waals surface area (Å²) >= 11 is 0. The van der Waals surface area contributed by atoms with Crippen molar-refractivity contribution in [1.82, 2.24) is 5.32 Å².